The summed E-state index contributed by atoms with van der Waals surface area (Å²) in [6.45, 7) is 3.84. The summed E-state index contributed by atoms with van der Waals surface area (Å²) < 4.78 is 0. The molecule has 15 heavy (non-hydrogen) atoms. The van der Waals surface area contributed by atoms with Crippen LogP contribution >= 0.6 is 23.2 Å². The molecule has 2 atom stereocenters. The van der Waals surface area contributed by atoms with Gasteiger partial charge in [-0.1, -0.05) is 43.1 Å². The average Bonchev–Trinajstić information content (AvgIpc) is 2.19. The van der Waals surface area contributed by atoms with Gasteiger partial charge in [0.15, 0.2) is 0 Å². The van der Waals surface area contributed by atoms with Crippen molar-refractivity contribution in [3.63, 3.8) is 0 Å². The number of aliphatic hydroxyl groups is 1. The number of benzene rings is 1. The number of aliphatic hydroxyl groups excluding tert-OH is 1. The lowest BCUT2D eigenvalue weighted by Crippen LogP contribution is -2.30. The molecule has 0 unspecified atom stereocenters. The third-order valence-electron chi connectivity index (χ3n) is 2.38. The number of rotatable bonds is 3. The summed E-state index contributed by atoms with van der Waals surface area (Å²) in [6, 6.07) is 4.73. The van der Waals surface area contributed by atoms with E-state index >= 15 is 0 Å². The van der Waals surface area contributed by atoms with Crippen molar-refractivity contribution in [2.75, 3.05) is 0 Å². The summed E-state index contributed by atoms with van der Waals surface area (Å²) >= 11 is 11.7. The van der Waals surface area contributed by atoms with Crippen LogP contribution in [0, 0.1) is 5.92 Å². The molecule has 1 rings (SSSR count). The van der Waals surface area contributed by atoms with Crippen molar-refractivity contribution in [3.8, 4) is 0 Å². The molecule has 84 valence electrons. The minimum absolute atomic E-state index is 0.106. The molecular formula is C11H15Cl2NO. The fraction of sp³-hybridized carbons (Fsp3) is 0.455. The summed E-state index contributed by atoms with van der Waals surface area (Å²) in [5, 5.41) is 10.8. The zero-order valence-corrected chi connectivity index (χ0v) is 10.3. The Bertz CT molecular complexity index is 341. The molecule has 0 aliphatic carbocycles. The summed E-state index contributed by atoms with van der Waals surface area (Å²) in [5.74, 6) is 0.106. The molecule has 2 nitrogen and oxygen atoms in total. The largest absolute Gasteiger partial charge is 0.391 e. The first-order valence-corrected chi connectivity index (χ1v) is 5.57. The van der Waals surface area contributed by atoms with Crippen LogP contribution in [0.4, 0.5) is 0 Å². The van der Waals surface area contributed by atoms with Gasteiger partial charge in [0.2, 0.25) is 0 Å². The minimum Gasteiger partial charge on any atom is -0.391 e. The standard InChI is InChI=1S/C11H15Cl2NO/c1-6(2)11(15)10(14)7-3-4-8(12)9(13)5-7/h3-6,10-11,15H,14H2,1-2H3/t10-,11+/m0/s1. The summed E-state index contributed by atoms with van der Waals surface area (Å²) in [6.07, 6.45) is -0.581. The van der Waals surface area contributed by atoms with Gasteiger partial charge in [0.05, 0.1) is 22.2 Å². The van der Waals surface area contributed by atoms with E-state index in [9.17, 15) is 5.11 Å². The Morgan fingerprint density at radius 3 is 2.27 bits per heavy atom. The third-order valence-corrected chi connectivity index (χ3v) is 3.12. The lowest BCUT2D eigenvalue weighted by Gasteiger charge is -2.22. The van der Waals surface area contributed by atoms with Crippen LogP contribution in [0.1, 0.15) is 25.5 Å². The van der Waals surface area contributed by atoms with Gasteiger partial charge in [0.1, 0.15) is 0 Å². The second-order valence-electron chi connectivity index (χ2n) is 3.93. The smallest absolute Gasteiger partial charge is 0.0755 e. The first kappa shape index (κ1) is 12.8. The second kappa shape index (κ2) is 5.17. The maximum Gasteiger partial charge on any atom is 0.0755 e. The van der Waals surface area contributed by atoms with Gasteiger partial charge in [-0.05, 0) is 23.6 Å². The molecule has 0 spiro atoms. The van der Waals surface area contributed by atoms with E-state index < -0.39 is 12.1 Å². The Morgan fingerprint density at radius 2 is 1.80 bits per heavy atom. The molecule has 1 aromatic rings. The summed E-state index contributed by atoms with van der Waals surface area (Å²) in [4.78, 5) is 0. The van der Waals surface area contributed by atoms with E-state index in [-0.39, 0.29) is 5.92 Å². The average molecular weight is 248 g/mol. The lowest BCUT2D eigenvalue weighted by atomic mass is 9.94. The summed E-state index contributed by atoms with van der Waals surface area (Å²) in [5.41, 5.74) is 6.70. The maximum absolute atomic E-state index is 9.81. The molecular weight excluding hydrogens is 233 g/mol. The normalized spacial score (nSPS) is 15.4. The summed E-state index contributed by atoms with van der Waals surface area (Å²) in [7, 11) is 0. The van der Waals surface area contributed by atoms with Crippen molar-refractivity contribution in [1.82, 2.24) is 0 Å². The highest BCUT2D eigenvalue weighted by Crippen LogP contribution is 2.27. The molecule has 0 fully saturated rings. The molecule has 0 saturated carbocycles. The Kier molecular flexibility index (Phi) is 4.41. The molecule has 0 amide bonds. The van der Waals surface area contributed by atoms with Crippen LogP contribution in [0.15, 0.2) is 18.2 Å². The van der Waals surface area contributed by atoms with Crippen LogP contribution in [-0.4, -0.2) is 11.2 Å². The molecule has 0 aliphatic rings. The van der Waals surface area contributed by atoms with E-state index in [2.05, 4.69) is 0 Å². The highest BCUT2D eigenvalue weighted by molar-refractivity contribution is 6.42. The molecule has 3 N–H and O–H groups in total. The van der Waals surface area contributed by atoms with Crippen molar-refractivity contribution in [3.05, 3.63) is 33.8 Å². The van der Waals surface area contributed by atoms with Gasteiger partial charge in [0, 0.05) is 0 Å². The zero-order valence-electron chi connectivity index (χ0n) is 8.74. The highest BCUT2D eigenvalue weighted by atomic mass is 35.5. The molecule has 0 heterocycles. The third kappa shape index (κ3) is 3.08. The Morgan fingerprint density at radius 1 is 1.20 bits per heavy atom. The van der Waals surface area contributed by atoms with Gasteiger partial charge in [-0.25, -0.2) is 0 Å². The first-order valence-electron chi connectivity index (χ1n) is 4.82. The van der Waals surface area contributed by atoms with Crippen molar-refractivity contribution in [2.24, 2.45) is 11.7 Å². The molecule has 0 aliphatic heterocycles. The molecule has 1 aromatic carbocycles. The molecule has 0 aromatic heterocycles. The fourth-order valence-corrected chi connectivity index (χ4v) is 1.64. The van der Waals surface area contributed by atoms with Crippen LogP contribution in [0.2, 0.25) is 10.0 Å². The molecule has 0 saturated heterocycles. The van der Waals surface area contributed by atoms with Gasteiger partial charge in [-0.2, -0.15) is 0 Å². The SMILES string of the molecule is CC(C)[C@@H](O)[C@@H](N)c1ccc(Cl)c(Cl)c1. The Labute approximate surface area is 100.0 Å². The Balaban J connectivity index is 2.91. The van der Waals surface area contributed by atoms with E-state index in [4.69, 9.17) is 28.9 Å². The van der Waals surface area contributed by atoms with Crippen molar-refractivity contribution >= 4 is 23.2 Å². The Hall–Kier alpha value is -0.280. The minimum atomic E-state index is -0.581. The predicted molar refractivity (Wildman–Crippen MR) is 64.2 cm³/mol. The zero-order chi connectivity index (χ0) is 11.6. The van der Waals surface area contributed by atoms with Crippen LogP contribution in [0.25, 0.3) is 0 Å². The van der Waals surface area contributed by atoms with Crippen LogP contribution in [0.3, 0.4) is 0 Å². The number of halogens is 2. The van der Waals surface area contributed by atoms with Gasteiger partial charge in [0.25, 0.3) is 0 Å². The lowest BCUT2D eigenvalue weighted by molar-refractivity contribution is 0.0979. The predicted octanol–water partition coefficient (Wildman–Crippen LogP) is 3.01. The van der Waals surface area contributed by atoms with Gasteiger partial charge in [-0.3, -0.25) is 0 Å². The van der Waals surface area contributed by atoms with Crippen LogP contribution in [-0.2, 0) is 0 Å². The quantitative estimate of drug-likeness (QED) is 0.863. The molecule has 0 bridgehead atoms. The van der Waals surface area contributed by atoms with Gasteiger partial charge in [-0.15, -0.1) is 0 Å². The van der Waals surface area contributed by atoms with Crippen LogP contribution < -0.4 is 5.73 Å². The first-order chi connectivity index (χ1) is 6.93. The molecule has 0 radical (unpaired) electrons. The van der Waals surface area contributed by atoms with Gasteiger partial charge < -0.3 is 10.8 Å². The monoisotopic (exact) mass is 247 g/mol. The van der Waals surface area contributed by atoms with E-state index in [1.54, 1.807) is 18.2 Å². The van der Waals surface area contributed by atoms with Crippen molar-refractivity contribution in [2.45, 2.75) is 26.0 Å². The topological polar surface area (TPSA) is 46.2 Å². The number of nitrogens with two attached hydrogens (primary N) is 1. The molecule has 4 heteroatoms. The van der Waals surface area contributed by atoms with Gasteiger partial charge >= 0.3 is 0 Å². The van der Waals surface area contributed by atoms with Crippen molar-refractivity contribution < 1.29 is 5.11 Å². The number of hydrogen-bond acceptors (Lipinski definition) is 2. The fourth-order valence-electron chi connectivity index (χ4n) is 1.33. The van der Waals surface area contributed by atoms with E-state index in [0.29, 0.717) is 10.0 Å². The van der Waals surface area contributed by atoms with E-state index in [0.717, 1.165) is 5.56 Å². The van der Waals surface area contributed by atoms with Crippen molar-refractivity contribution in [1.29, 1.82) is 0 Å². The maximum atomic E-state index is 9.81. The highest BCUT2D eigenvalue weighted by Gasteiger charge is 2.20. The number of hydrogen-bond donors (Lipinski definition) is 2. The van der Waals surface area contributed by atoms with Crippen LogP contribution in [0.5, 0.6) is 0 Å². The van der Waals surface area contributed by atoms with E-state index in [1.165, 1.54) is 0 Å². The van der Waals surface area contributed by atoms with E-state index in [1.807, 2.05) is 13.8 Å². The second-order valence-corrected chi connectivity index (χ2v) is 4.75.